The van der Waals surface area contributed by atoms with Gasteiger partial charge in [0.05, 0.1) is 17.1 Å². The fourth-order valence-corrected chi connectivity index (χ4v) is 4.21. The molecule has 1 saturated heterocycles. The lowest BCUT2D eigenvalue weighted by molar-refractivity contribution is 0.187. The van der Waals surface area contributed by atoms with Crippen LogP contribution in [0.4, 0.5) is 0 Å². The maximum Gasteiger partial charge on any atom is 0.240 e. The van der Waals surface area contributed by atoms with E-state index in [1.54, 1.807) is 30.3 Å². The van der Waals surface area contributed by atoms with Crippen LogP contribution in [-0.4, -0.2) is 38.4 Å². The molecular formula is C13H17NO4S. The summed E-state index contributed by atoms with van der Waals surface area (Å²) in [6.45, 7) is 0.0564. The van der Waals surface area contributed by atoms with Gasteiger partial charge in [-0.05, 0) is 25.0 Å². The average molecular weight is 283 g/mol. The lowest BCUT2D eigenvalue weighted by Crippen LogP contribution is -2.40. The molecule has 0 aromatic heterocycles. The topological polar surface area (TPSA) is 78.9 Å². The predicted molar refractivity (Wildman–Crippen MR) is 69.0 cm³/mol. The van der Waals surface area contributed by atoms with E-state index >= 15 is 0 Å². The summed E-state index contributed by atoms with van der Waals surface area (Å²) in [5, 5.41) is 9.06. The Morgan fingerprint density at radius 2 is 2.05 bits per heavy atom. The Bertz CT molecular complexity index is 545. The molecule has 0 radical (unpaired) electrons. The Morgan fingerprint density at radius 1 is 1.32 bits per heavy atom. The zero-order valence-electron chi connectivity index (χ0n) is 10.4. The number of hydrogen-bond donors (Lipinski definition) is 2. The molecule has 2 aliphatic rings. The number of aliphatic hydroxyl groups excluding tert-OH is 1. The minimum Gasteiger partial charge on any atom is -0.396 e. The number of aliphatic hydroxyl groups is 1. The first-order chi connectivity index (χ1) is 9.12. The highest BCUT2D eigenvalue weighted by Gasteiger charge is 2.55. The third-order valence-electron chi connectivity index (χ3n) is 3.87. The van der Waals surface area contributed by atoms with Crippen molar-refractivity contribution in [1.29, 1.82) is 0 Å². The predicted octanol–water partition coefficient (Wildman–Crippen LogP) is 0.503. The lowest BCUT2D eigenvalue weighted by atomic mass is 10.00. The molecule has 3 rings (SSSR count). The van der Waals surface area contributed by atoms with Crippen LogP contribution >= 0.6 is 0 Å². The van der Waals surface area contributed by atoms with Crippen molar-refractivity contribution in [3.05, 3.63) is 30.3 Å². The summed E-state index contributed by atoms with van der Waals surface area (Å²) in [6.07, 6.45) is 1.56. The van der Waals surface area contributed by atoms with Gasteiger partial charge in [-0.2, -0.15) is 0 Å². The highest BCUT2D eigenvalue weighted by Crippen LogP contribution is 2.45. The van der Waals surface area contributed by atoms with Crippen molar-refractivity contribution in [2.75, 3.05) is 6.61 Å². The maximum absolute atomic E-state index is 12.2. The SMILES string of the molecule is O=S(=O)(N[C@@H]1C[C@H]2OC2[C@H]1CCO)c1ccccc1. The molecule has 1 aromatic rings. The summed E-state index contributed by atoms with van der Waals surface area (Å²) < 4.78 is 32.7. The van der Waals surface area contributed by atoms with Crippen LogP contribution in [0.5, 0.6) is 0 Å². The van der Waals surface area contributed by atoms with E-state index in [1.807, 2.05) is 0 Å². The van der Waals surface area contributed by atoms with Crippen molar-refractivity contribution in [3.63, 3.8) is 0 Å². The lowest BCUT2D eigenvalue weighted by Gasteiger charge is -2.22. The molecule has 19 heavy (non-hydrogen) atoms. The van der Waals surface area contributed by atoms with Crippen LogP contribution in [0, 0.1) is 5.92 Å². The quantitative estimate of drug-likeness (QED) is 0.771. The molecule has 0 amide bonds. The van der Waals surface area contributed by atoms with E-state index in [0.717, 1.165) is 0 Å². The fourth-order valence-electron chi connectivity index (χ4n) is 2.89. The van der Waals surface area contributed by atoms with Gasteiger partial charge in [0.25, 0.3) is 0 Å². The third kappa shape index (κ3) is 2.53. The molecule has 0 spiro atoms. The van der Waals surface area contributed by atoms with E-state index in [-0.39, 0.29) is 35.7 Å². The maximum atomic E-state index is 12.2. The van der Waals surface area contributed by atoms with E-state index in [0.29, 0.717) is 12.8 Å². The first-order valence-electron chi connectivity index (χ1n) is 6.45. The molecule has 5 nitrogen and oxygen atoms in total. The fraction of sp³-hybridized carbons (Fsp3) is 0.538. The molecule has 1 aliphatic carbocycles. The van der Waals surface area contributed by atoms with Gasteiger partial charge in [0, 0.05) is 18.6 Å². The Balaban J connectivity index is 1.74. The van der Waals surface area contributed by atoms with Crippen LogP contribution in [0.15, 0.2) is 35.2 Å². The van der Waals surface area contributed by atoms with Gasteiger partial charge >= 0.3 is 0 Å². The number of sulfonamides is 1. The number of fused-ring (bicyclic) bond motifs is 1. The molecule has 2 N–H and O–H groups in total. The van der Waals surface area contributed by atoms with Crippen LogP contribution in [0.1, 0.15) is 12.8 Å². The molecule has 1 saturated carbocycles. The highest BCUT2D eigenvalue weighted by atomic mass is 32.2. The molecule has 1 aromatic carbocycles. The van der Waals surface area contributed by atoms with Crippen LogP contribution in [-0.2, 0) is 14.8 Å². The van der Waals surface area contributed by atoms with Crippen molar-refractivity contribution in [3.8, 4) is 0 Å². The molecular weight excluding hydrogens is 266 g/mol. The van der Waals surface area contributed by atoms with E-state index in [4.69, 9.17) is 9.84 Å². The Kier molecular flexibility index (Phi) is 3.34. The number of nitrogens with one attached hydrogen (secondary N) is 1. The molecule has 6 heteroatoms. The first-order valence-corrected chi connectivity index (χ1v) is 7.94. The largest absolute Gasteiger partial charge is 0.396 e. The molecule has 104 valence electrons. The minimum atomic E-state index is -3.48. The number of rotatable bonds is 5. The molecule has 2 fully saturated rings. The number of epoxide rings is 1. The van der Waals surface area contributed by atoms with Crippen LogP contribution in [0.3, 0.4) is 0 Å². The van der Waals surface area contributed by atoms with Gasteiger partial charge in [0.15, 0.2) is 0 Å². The first kappa shape index (κ1) is 13.1. The normalized spacial score (nSPS) is 33.1. The second kappa shape index (κ2) is 4.86. The minimum absolute atomic E-state index is 0.0564. The van der Waals surface area contributed by atoms with Crippen molar-refractivity contribution in [2.45, 2.75) is 36.0 Å². The van der Waals surface area contributed by atoms with Crippen molar-refractivity contribution < 1.29 is 18.3 Å². The van der Waals surface area contributed by atoms with Crippen molar-refractivity contribution >= 4 is 10.0 Å². The highest BCUT2D eigenvalue weighted by molar-refractivity contribution is 7.89. The number of benzene rings is 1. The summed E-state index contributed by atoms with van der Waals surface area (Å²) in [7, 11) is -3.48. The summed E-state index contributed by atoms with van der Waals surface area (Å²) in [4.78, 5) is 0.277. The van der Waals surface area contributed by atoms with Crippen molar-refractivity contribution in [2.24, 2.45) is 5.92 Å². The smallest absolute Gasteiger partial charge is 0.240 e. The Hall–Kier alpha value is -0.950. The second-order valence-corrected chi connectivity index (χ2v) is 6.81. The number of ether oxygens (including phenoxy) is 1. The van der Waals surface area contributed by atoms with Crippen LogP contribution in [0.2, 0.25) is 0 Å². The van der Waals surface area contributed by atoms with Gasteiger partial charge in [-0.15, -0.1) is 0 Å². The zero-order chi connectivity index (χ0) is 13.5. The van der Waals surface area contributed by atoms with E-state index in [9.17, 15) is 8.42 Å². The van der Waals surface area contributed by atoms with Gasteiger partial charge < -0.3 is 9.84 Å². The molecule has 4 atom stereocenters. The van der Waals surface area contributed by atoms with E-state index < -0.39 is 10.0 Å². The van der Waals surface area contributed by atoms with Crippen LogP contribution in [0.25, 0.3) is 0 Å². The Labute approximate surface area is 112 Å². The molecule has 1 unspecified atom stereocenters. The van der Waals surface area contributed by atoms with Gasteiger partial charge in [0.2, 0.25) is 10.0 Å². The summed E-state index contributed by atoms with van der Waals surface area (Å²) >= 11 is 0. The summed E-state index contributed by atoms with van der Waals surface area (Å²) in [5.74, 6) is 0.0773. The third-order valence-corrected chi connectivity index (χ3v) is 5.38. The van der Waals surface area contributed by atoms with Gasteiger partial charge in [0.1, 0.15) is 0 Å². The average Bonchev–Trinajstić information content (AvgIpc) is 3.08. The Morgan fingerprint density at radius 3 is 2.74 bits per heavy atom. The molecule has 0 bridgehead atoms. The van der Waals surface area contributed by atoms with Crippen LogP contribution < -0.4 is 4.72 Å². The summed E-state index contributed by atoms with van der Waals surface area (Å²) in [6, 6.07) is 8.21. The van der Waals surface area contributed by atoms with Gasteiger partial charge in [-0.3, -0.25) is 0 Å². The molecule has 1 aliphatic heterocycles. The van der Waals surface area contributed by atoms with E-state index in [2.05, 4.69) is 4.72 Å². The van der Waals surface area contributed by atoms with Gasteiger partial charge in [-0.25, -0.2) is 13.1 Å². The van der Waals surface area contributed by atoms with Crippen molar-refractivity contribution in [1.82, 2.24) is 4.72 Å². The zero-order valence-corrected chi connectivity index (χ0v) is 11.2. The monoisotopic (exact) mass is 283 g/mol. The number of hydrogen-bond acceptors (Lipinski definition) is 4. The van der Waals surface area contributed by atoms with Gasteiger partial charge in [-0.1, -0.05) is 18.2 Å². The second-order valence-electron chi connectivity index (χ2n) is 5.09. The summed E-state index contributed by atoms with van der Waals surface area (Å²) in [5.41, 5.74) is 0. The molecule has 1 heterocycles. The standard InChI is InChI=1S/C13H17NO4S/c15-7-6-10-11(8-12-13(10)18-12)14-19(16,17)9-4-2-1-3-5-9/h1-5,10-15H,6-8H2/t10-,11+,12+,13?/m0/s1. The van der Waals surface area contributed by atoms with E-state index in [1.165, 1.54) is 0 Å².